The molecule has 0 fully saturated rings. The molecule has 0 saturated carbocycles. The van der Waals surface area contributed by atoms with Crippen LogP contribution in [0.1, 0.15) is 0 Å². The molecule has 0 atom stereocenters. The molecule has 0 N–H and O–H groups in total. The number of para-hydroxylation sites is 3. The first-order valence-electron chi connectivity index (χ1n) is 17.0. The number of rotatable bonds is 7. The molecule has 0 bridgehead atoms. The highest BCUT2D eigenvalue weighted by atomic mass is 16.3. The summed E-state index contributed by atoms with van der Waals surface area (Å²) in [5.74, 6) is 0. The summed E-state index contributed by atoms with van der Waals surface area (Å²) in [5, 5.41) is 2.19. The highest BCUT2D eigenvalue weighted by Crippen LogP contribution is 2.48. The van der Waals surface area contributed by atoms with Gasteiger partial charge in [0.25, 0.3) is 0 Å². The molecule has 0 aliphatic carbocycles. The molecule has 0 amide bonds. The Morgan fingerprint density at radius 3 is 1.66 bits per heavy atom. The van der Waals surface area contributed by atoms with Crippen LogP contribution in [0.25, 0.3) is 66.4 Å². The second-order valence-electron chi connectivity index (χ2n) is 12.5. The van der Waals surface area contributed by atoms with E-state index in [0.717, 1.165) is 50.1 Å². The lowest BCUT2D eigenvalue weighted by molar-refractivity contribution is 0.669. The highest BCUT2D eigenvalue weighted by molar-refractivity contribution is 6.14. The van der Waals surface area contributed by atoms with Gasteiger partial charge in [-0.3, -0.25) is 0 Å². The Hall–Kier alpha value is -6.64. The summed E-state index contributed by atoms with van der Waals surface area (Å²) in [6.07, 6.45) is 0. The molecule has 8 aromatic carbocycles. The number of hydrogen-bond donors (Lipinski definition) is 0. The van der Waals surface area contributed by atoms with Crippen molar-refractivity contribution in [1.29, 1.82) is 0 Å². The van der Waals surface area contributed by atoms with Gasteiger partial charge in [-0.2, -0.15) is 0 Å². The van der Waals surface area contributed by atoms with Gasteiger partial charge >= 0.3 is 0 Å². The molecule has 9 rings (SSSR count). The maximum atomic E-state index is 6.39. The van der Waals surface area contributed by atoms with Crippen molar-refractivity contribution in [3.05, 3.63) is 200 Å². The largest absolute Gasteiger partial charge is 0.456 e. The van der Waals surface area contributed by atoms with Crippen LogP contribution in [0.3, 0.4) is 0 Å². The monoisotopic (exact) mass is 639 g/mol. The number of furan rings is 1. The van der Waals surface area contributed by atoms with Crippen molar-refractivity contribution in [3.63, 3.8) is 0 Å². The molecule has 236 valence electrons. The Morgan fingerprint density at radius 2 is 0.880 bits per heavy atom. The topological polar surface area (TPSA) is 16.4 Å². The minimum absolute atomic E-state index is 0.867. The number of nitrogens with zero attached hydrogens (tertiary/aromatic N) is 1. The Morgan fingerprint density at radius 1 is 0.320 bits per heavy atom. The minimum atomic E-state index is 0.867. The van der Waals surface area contributed by atoms with Gasteiger partial charge in [0.15, 0.2) is 0 Å². The van der Waals surface area contributed by atoms with Gasteiger partial charge < -0.3 is 9.32 Å². The minimum Gasteiger partial charge on any atom is -0.456 e. The molecule has 2 nitrogen and oxygen atoms in total. The van der Waals surface area contributed by atoms with Crippen LogP contribution in [0, 0.1) is 0 Å². The van der Waals surface area contributed by atoms with Crippen LogP contribution in [-0.4, -0.2) is 0 Å². The van der Waals surface area contributed by atoms with Crippen LogP contribution in [-0.2, 0) is 0 Å². The first-order chi connectivity index (χ1) is 24.8. The fraction of sp³-hybridized carbons (Fsp3) is 0. The van der Waals surface area contributed by atoms with E-state index >= 15 is 0 Å². The zero-order valence-corrected chi connectivity index (χ0v) is 27.4. The lowest BCUT2D eigenvalue weighted by Gasteiger charge is -2.29. The zero-order chi connectivity index (χ0) is 33.3. The Kier molecular flexibility index (Phi) is 7.53. The van der Waals surface area contributed by atoms with Gasteiger partial charge in [-0.1, -0.05) is 158 Å². The number of hydrogen-bond acceptors (Lipinski definition) is 2. The second kappa shape index (κ2) is 12.8. The summed E-state index contributed by atoms with van der Waals surface area (Å²) in [5.41, 5.74) is 14.4. The Labute approximate surface area is 292 Å². The predicted molar refractivity (Wildman–Crippen MR) is 210 cm³/mol. The maximum Gasteiger partial charge on any atom is 0.137 e. The first kappa shape index (κ1) is 29.5. The maximum absolute atomic E-state index is 6.39. The smallest absolute Gasteiger partial charge is 0.137 e. The molecule has 0 spiro atoms. The van der Waals surface area contributed by atoms with E-state index in [9.17, 15) is 0 Å². The highest BCUT2D eigenvalue weighted by Gasteiger charge is 2.23. The molecule has 0 aliphatic heterocycles. The van der Waals surface area contributed by atoms with E-state index in [2.05, 4.69) is 193 Å². The molecule has 1 heterocycles. The van der Waals surface area contributed by atoms with Crippen molar-refractivity contribution in [2.45, 2.75) is 0 Å². The van der Waals surface area contributed by atoms with Crippen molar-refractivity contribution in [2.24, 2.45) is 0 Å². The van der Waals surface area contributed by atoms with Crippen molar-refractivity contribution < 1.29 is 4.42 Å². The summed E-state index contributed by atoms with van der Waals surface area (Å²) < 4.78 is 6.39. The average Bonchev–Trinajstić information content (AvgIpc) is 3.59. The third-order valence-electron chi connectivity index (χ3n) is 9.50. The van der Waals surface area contributed by atoms with E-state index in [1.165, 1.54) is 33.4 Å². The van der Waals surface area contributed by atoms with Gasteiger partial charge in [-0.15, -0.1) is 0 Å². The summed E-state index contributed by atoms with van der Waals surface area (Å²) >= 11 is 0. The molecular formula is C48H33NO. The van der Waals surface area contributed by atoms with Gasteiger partial charge in [-0.25, -0.2) is 0 Å². The van der Waals surface area contributed by atoms with Crippen molar-refractivity contribution in [2.75, 3.05) is 4.90 Å². The Bertz CT molecular complexity index is 2590. The second-order valence-corrected chi connectivity index (χ2v) is 12.5. The molecule has 0 unspecified atom stereocenters. The van der Waals surface area contributed by atoms with Gasteiger partial charge in [-0.05, 0) is 81.4 Å². The molecule has 0 radical (unpaired) electrons. The van der Waals surface area contributed by atoms with Crippen LogP contribution >= 0.6 is 0 Å². The Balaban J connectivity index is 1.33. The molecular weight excluding hydrogens is 607 g/mol. The van der Waals surface area contributed by atoms with Gasteiger partial charge in [0, 0.05) is 16.6 Å². The van der Waals surface area contributed by atoms with Crippen LogP contribution in [0.5, 0.6) is 0 Å². The summed E-state index contributed by atoms with van der Waals surface area (Å²) in [6.45, 7) is 0. The zero-order valence-electron chi connectivity index (χ0n) is 27.4. The van der Waals surface area contributed by atoms with Gasteiger partial charge in [0.2, 0.25) is 0 Å². The fourth-order valence-corrected chi connectivity index (χ4v) is 7.22. The van der Waals surface area contributed by atoms with E-state index in [4.69, 9.17) is 4.42 Å². The van der Waals surface area contributed by atoms with E-state index in [1.807, 2.05) is 12.1 Å². The molecule has 9 aromatic rings. The lowest BCUT2D eigenvalue weighted by Crippen LogP contribution is -2.11. The lowest BCUT2D eigenvalue weighted by atomic mass is 9.86. The quantitative estimate of drug-likeness (QED) is 0.173. The SMILES string of the molecule is c1ccc(-c2ccc(-c3ccccc3N(c3ccccc3)c3cccc4oc5ccccc5c34)c(-c3ccccc3-c3ccccc3)c2)cc1. The third kappa shape index (κ3) is 5.24. The van der Waals surface area contributed by atoms with E-state index in [0.29, 0.717) is 0 Å². The van der Waals surface area contributed by atoms with Gasteiger partial charge in [0.05, 0.1) is 16.8 Å². The van der Waals surface area contributed by atoms with Crippen molar-refractivity contribution >= 4 is 39.0 Å². The number of benzene rings is 8. The third-order valence-corrected chi connectivity index (χ3v) is 9.50. The van der Waals surface area contributed by atoms with Crippen LogP contribution in [0.4, 0.5) is 17.1 Å². The first-order valence-corrected chi connectivity index (χ1v) is 17.0. The molecule has 50 heavy (non-hydrogen) atoms. The molecule has 0 saturated heterocycles. The van der Waals surface area contributed by atoms with E-state index < -0.39 is 0 Å². The van der Waals surface area contributed by atoms with Crippen molar-refractivity contribution in [1.82, 2.24) is 0 Å². The molecule has 0 aliphatic rings. The van der Waals surface area contributed by atoms with Crippen LogP contribution < -0.4 is 4.90 Å². The average molecular weight is 640 g/mol. The number of fused-ring (bicyclic) bond motifs is 3. The molecule has 2 heteroatoms. The van der Waals surface area contributed by atoms with Crippen LogP contribution in [0.15, 0.2) is 205 Å². The predicted octanol–water partition coefficient (Wildman–Crippen LogP) is 13.7. The summed E-state index contributed by atoms with van der Waals surface area (Å²) in [4.78, 5) is 2.39. The molecule has 1 aromatic heterocycles. The van der Waals surface area contributed by atoms with E-state index in [-0.39, 0.29) is 0 Å². The number of anilines is 3. The summed E-state index contributed by atoms with van der Waals surface area (Å²) in [7, 11) is 0. The standard InChI is InChI=1S/C48H33NO/c1-4-17-34(18-5-1)36-31-32-40(43(33-36)39-24-11-10-23-38(39)35-19-6-2-7-20-35)41-25-12-14-27-44(41)49(37-21-8-3-9-22-37)45-28-16-30-47-48(45)42-26-13-15-29-46(42)50-47/h1-33H. The van der Waals surface area contributed by atoms with Gasteiger partial charge in [0.1, 0.15) is 11.2 Å². The van der Waals surface area contributed by atoms with Crippen LogP contribution in [0.2, 0.25) is 0 Å². The van der Waals surface area contributed by atoms with Crippen molar-refractivity contribution in [3.8, 4) is 44.5 Å². The normalized spacial score (nSPS) is 11.2. The fourth-order valence-electron chi connectivity index (χ4n) is 7.22. The summed E-state index contributed by atoms with van der Waals surface area (Å²) in [6, 6.07) is 71.1. The van der Waals surface area contributed by atoms with E-state index in [1.54, 1.807) is 0 Å².